The predicted octanol–water partition coefficient (Wildman–Crippen LogP) is 4.45. The van der Waals surface area contributed by atoms with Crippen molar-refractivity contribution in [3.05, 3.63) is 59.9 Å². The average Bonchev–Trinajstić information content (AvgIpc) is 2.38. The van der Waals surface area contributed by atoms with E-state index in [2.05, 4.69) is 0 Å². The Bertz CT molecular complexity index is 592. The average molecular weight is 272 g/mol. The fourth-order valence-corrected chi connectivity index (χ4v) is 1.78. The summed E-state index contributed by atoms with van der Waals surface area (Å²) in [4.78, 5) is 11.9. The minimum atomic E-state index is -0.507. The molecule has 0 atom stereocenters. The van der Waals surface area contributed by atoms with Crippen LogP contribution in [0.2, 0.25) is 0 Å². The summed E-state index contributed by atoms with van der Waals surface area (Å²) in [6, 6.07) is 13.3. The van der Waals surface area contributed by atoms with Crippen molar-refractivity contribution in [3.63, 3.8) is 0 Å². The van der Waals surface area contributed by atoms with Crippen molar-refractivity contribution in [2.45, 2.75) is 26.4 Å². The van der Waals surface area contributed by atoms with Crippen molar-refractivity contribution < 1.29 is 13.9 Å². The molecule has 0 saturated carbocycles. The van der Waals surface area contributed by atoms with Crippen LogP contribution < -0.4 is 0 Å². The van der Waals surface area contributed by atoms with Crippen molar-refractivity contribution in [1.29, 1.82) is 0 Å². The van der Waals surface area contributed by atoms with Gasteiger partial charge in [-0.25, -0.2) is 9.18 Å². The Labute approximate surface area is 118 Å². The third-order valence-electron chi connectivity index (χ3n) is 2.70. The number of hydrogen-bond acceptors (Lipinski definition) is 2. The third kappa shape index (κ3) is 3.67. The monoisotopic (exact) mass is 272 g/mol. The van der Waals surface area contributed by atoms with Gasteiger partial charge in [0.1, 0.15) is 11.4 Å². The molecule has 0 aliphatic carbocycles. The summed E-state index contributed by atoms with van der Waals surface area (Å²) >= 11 is 0. The lowest BCUT2D eigenvalue weighted by molar-refractivity contribution is 0.00696. The van der Waals surface area contributed by atoms with Gasteiger partial charge in [-0.3, -0.25) is 0 Å². The van der Waals surface area contributed by atoms with Gasteiger partial charge in [0.25, 0.3) is 0 Å². The summed E-state index contributed by atoms with van der Waals surface area (Å²) in [6.07, 6.45) is 0. The van der Waals surface area contributed by atoms with Gasteiger partial charge in [0.15, 0.2) is 0 Å². The second-order valence-corrected chi connectivity index (χ2v) is 5.59. The van der Waals surface area contributed by atoms with Crippen LogP contribution >= 0.6 is 0 Å². The van der Waals surface area contributed by atoms with Crippen LogP contribution in [0.15, 0.2) is 48.5 Å². The molecule has 2 nitrogen and oxygen atoms in total. The van der Waals surface area contributed by atoms with Gasteiger partial charge < -0.3 is 4.74 Å². The molecule has 0 fully saturated rings. The summed E-state index contributed by atoms with van der Waals surface area (Å²) in [5.41, 5.74) is 1.83. The quantitative estimate of drug-likeness (QED) is 0.755. The minimum Gasteiger partial charge on any atom is -0.456 e. The molecular formula is C17H17FO2. The Morgan fingerprint density at radius 3 is 1.80 bits per heavy atom. The maximum Gasteiger partial charge on any atom is 0.338 e. The Balaban J connectivity index is 2.18. The molecule has 0 N–H and O–H groups in total. The fraction of sp³-hybridized carbons (Fsp3) is 0.235. The zero-order chi connectivity index (χ0) is 14.8. The molecule has 0 aliphatic heterocycles. The SMILES string of the molecule is CC(C)(C)OC(=O)c1ccc(-c2ccc(F)cc2)cc1. The Morgan fingerprint density at radius 2 is 1.35 bits per heavy atom. The highest BCUT2D eigenvalue weighted by molar-refractivity contribution is 5.90. The summed E-state index contributed by atoms with van der Waals surface area (Å²) in [6.45, 7) is 5.49. The van der Waals surface area contributed by atoms with Gasteiger partial charge in [-0.1, -0.05) is 24.3 Å². The molecule has 3 heteroatoms. The van der Waals surface area contributed by atoms with E-state index in [0.29, 0.717) is 5.56 Å². The van der Waals surface area contributed by atoms with E-state index in [1.165, 1.54) is 12.1 Å². The lowest BCUT2D eigenvalue weighted by Gasteiger charge is -2.19. The molecule has 0 unspecified atom stereocenters. The highest BCUT2D eigenvalue weighted by atomic mass is 19.1. The number of ether oxygens (including phenoxy) is 1. The molecule has 0 radical (unpaired) electrons. The van der Waals surface area contributed by atoms with Crippen molar-refractivity contribution in [1.82, 2.24) is 0 Å². The minimum absolute atomic E-state index is 0.265. The first-order chi connectivity index (χ1) is 9.35. The van der Waals surface area contributed by atoms with Gasteiger partial charge in [0.2, 0.25) is 0 Å². The van der Waals surface area contributed by atoms with Crippen LogP contribution in [0.4, 0.5) is 4.39 Å². The molecule has 0 amide bonds. The summed E-state index contributed by atoms with van der Waals surface area (Å²) < 4.78 is 18.2. The Kier molecular flexibility index (Phi) is 3.89. The summed E-state index contributed by atoms with van der Waals surface area (Å²) in [5, 5.41) is 0. The number of carbonyl (C=O) groups excluding carboxylic acids is 1. The molecule has 0 aliphatic rings. The smallest absolute Gasteiger partial charge is 0.338 e. The molecule has 20 heavy (non-hydrogen) atoms. The molecule has 0 bridgehead atoms. The molecule has 0 saturated heterocycles. The Hall–Kier alpha value is -2.16. The Morgan fingerprint density at radius 1 is 0.900 bits per heavy atom. The lowest BCUT2D eigenvalue weighted by Crippen LogP contribution is -2.23. The molecule has 0 heterocycles. The van der Waals surface area contributed by atoms with Crippen molar-refractivity contribution in [3.8, 4) is 11.1 Å². The van der Waals surface area contributed by atoms with E-state index >= 15 is 0 Å². The van der Waals surface area contributed by atoms with E-state index in [4.69, 9.17) is 4.74 Å². The predicted molar refractivity (Wildman–Crippen MR) is 77.0 cm³/mol. The third-order valence-corrected chi connectivity index (χ3v) is 2.70. The van der Waals surface area contributed by atoms with Gasteiger partial charge in [-0.2, -0.15) is 0 Å². The van der Waals surface area contributed by atoms with Crippen LogP contribution in [0.5, 0.6) is 0 Å². The fourth-order valence-electron chi connectivity index (χ4n) is 1.78. The van der Waals surface area contributed by atoms with Crippen LogP contribution in [-0.2, 0) is 4.74 Å². The van der Waals surface area contributed by atoms with Gasteiger partial charge >= 0.3 is 5.97 Å². The first-order valence-corrected chi connectivity index (χ1v) is 6.44. The van der Waals surface area contributed by atoms with Gasteiger partial charge in [0, 0.05) is 0 Å². The van der Waals surface area contributed by atoms with E-state index in [9.17, 15) is 9.18 Å². The summed E-state index contributed by atoms with van der Waals surface area (Å²) in [7, 11) is 0. The first kappa shape index (κ1) is 14.3. The van der Waals surface area contributed by atoms with Crippen LogP contribution in [0.25, 0.3) is 11.1 Å². The second kappa shape index (κ2) is 5.45. The van der Waals surface area contributed by atoms with E-state index in [0.717, 1.165) is 11.1 Å². The van der Waals surface area contributed by atoms with Crippen LogP contribution in [0.3, 0.4) is 0 Å². The molecule has 0 spiro atoms. The standard InChI is InChI=1S/C17H17FO2/c1-17(2,3)20-16(19)14-6-4-12(5-7-14)13-8-10-15(18)11-9-13/h4-11H,1-3H3. The van der Waals surface area contributed by atoms with Crippen molar-refractivity contribution in [2.24, 2.45) is 0 Å². The molecule has 2 rings (SSSR count). The highest BCUT2D eigenvalue weighted by Crippen LogP contribution is 2.21. The maximum atomic E-state index is 12.9. The molecule has 2 aromatic rings. The van der Waals surface area contributed by atoms with Gasteiger partial charge in [0.05, 0.1) is 5.56 Å². The van der Waals surface area contributed by atoms with Gasteiger partial charge in [-0.05, 0) is 56.2 Å². The molecule has 0 aromatic heterocycles. The lowest BCUT2D eigenvalue weighted by atomic mass is 10.0. The molecule has 104 valence electrons. The number of carbonyl (C=O) groups is 1. The van der Waals surface area contributed by atoms with E-state index in [1.54, 1.807) is 24.3 Å². The van der Waals surface area contributed by atoms with Crippen LogP contribution in [0.1, 0.15) is 31.1 Å². The number of hydrogen-bond donors (Lipinski definition) is 0. The van der Waals surface area contributed by atoms with Crippen LogP contribution in [0, 0.1) is 5.82 Å². The summed E-state index contributed by atoms with van der Waals surface area (Å²) in [5.74, 6) is -0.609. The van der Waals surface area contributed by atoms with Crippen LogP contribution in [-0.4, -0.2) is 11.6 Å². The maximum absolute atomic E-state index is 12.9. The molecule has 2 aromatic carbocycles. The van der Waals surface area contributed by atoms with Crippen molar-refractivity contribution in [2.75, 3.05) is 0 Å². The second-order valence-electron chi connectivity index (χ2n) is 5.59. The number of halogens is 1. The number of benzene rings is 2. The first-order valence-electron chi connectivity index (χ1n) is 6.44. The number of rotatable bonds is 2. The molecular weight excluding hydrogens is 255 g/mol. The number of esters is 1. The highest BCUT2D eigenvalue weighted by Gasteiger charge is 2.17. The van der Waals surface area contributed by atoms with E-state index < -0.39 is 5.60 Å². The van der Waals surface area contributed by atoms with Gasteiger partial charge in [-0.15, -0.1) is 0 Å². The zero-order valence-corrected chi connectivity index (χ0v) is 11.8. The van der Waals surface area contributed by atoms with E-state index in [-0.39, 0.29) is 11.8 Å². The largest absolute Gasteiger partial charge is 0.456 e. The van der Waals surface area contributed by atoms with E-state index in [1.807, 2.05) is 32.9 Å². The zero-order valence-electron chi connectivity index (χ0n) is 11.8. The normalized spacial score (nSPS) is 11.2. The topological polar surface area (TPSA) is 26.3 Å². The van der Waals surface area contributed by atoms with Crippen molar-refractivity contribution >= 4 is 5.97 Å².